The summed E-state index contributed by atoms with van der Waals surface area (Å²) in [6.07, 6.45) is 0. The van der Waals surface area contributed by atoms with Crippen LogP contribution in [0.2, 0.25) is 0 Å². The van der Waals surface area contributed by atoms with Crippen LogP contribution in [-0.4, -0.2) is 14.7 Å². The van der Waals surface area contributed by atoms with Crippen molar-refractivity contribution in [3.8, 4) is 5.75 Å². The van der Waals surface area contributed by atoms with Gasteiger partial charge in [-0.3, -0.25) is 0 Å². The van der Waals surface area contributed by atoms with Crippen LogP contribution in [0.25, 0.3) is 11.0 Å². The fourth-order valence-corrected chi connectivity index (χ4v) is 1.84. The Morgan fingerprint density at radius 1 is 1.00 bits per heavy atom. The zero-order valence-electron chi connectivity index (χ0n) is 10.4. The lowest BCUT2D eigenvalue weighted by Gasteiger charge is -1.95. The molecular weight excluding hydrogens is 240 g/mol. The summed E-state index contributed by atoms with van der Waals surface area (Å²) in [5, 5.41) is 17.4. The second kappa shape index (κ2) is 4.53. The first-order chi connectivity index (χ1) is 9.24. The standard InChI is InChI=1S/C14H12N4O/c1-18-13-5-3-2-4-12(13)15-14(18)17-16-10-6-8-11(19)9-7-10/h2-9,19H,1H3. The Kier molecular flexibility index (Phi) is 2.72. The Morgan fingerprint density at radius 3 is 2.47 bits per heavy atom. The lowest BCUT2D eigenvalue weighted by Crippen LogP contribution is -1.85. The van der Waals surface area contributed by atoms with E-state index in [9.17, 15) is 5.11 Å². The second-order valence-corrected chi connectivity index (χ2v) is 4.18. The lowest BCUT2D eigenvalue weighted by atomic mass is 10.3. The van der Waals surface area contributed by atoms with Crippen LogP contribution in [0.5, 0.6) is 5.75 Å². The normalized spacial score (nSPS) is 11.4. The number of phenolic OH excluding ortho intramolecular Hbond substituents is 1. The number of imidazole rings is 1. The topological polar surface area (TPSA) is 62.8 Å². The summed E-state index contributed by atoms with van der Waals surface area (Å²) in [4.78, 5) is 4.40. The van der Waals surface area contributed by atoms with Crippen LogP contribution in [0.4, 0.5) is 11.6 Å². The fraction of sp³-hybridized carbons (Fsp3) is 0.0714. The van der Waals surface area contributed by atoms with E-state index in [1.54, 1.807) is 24.3 Å². The Morgan fingerprint density at radius 2 is 1.74 bits per heavy atom. The number of para-hydroxylation sites is 2. The van der Waals surface area contributed by atoms with Gasteiger partial charge >= 0.3 is 0 Å². The van der Waals surface area contributed by atoms with Gasteiger partial charge in [0.15, 0.2) is 0 Å². The molecule has 0 saturated heterocycles. The smallest absolute Gasteiger partial charge is 0.250 e. The van der Waals surface area contributed by atoms with Gasteiger partial charge in [0.1, 0.15) is 5.75 Å². The zero-order chi connectivity index (χ0) is 13.2. The van der Waals surface area contributed by atoms with Crippen LogP contribution in [-0.2, 0) is 7.05 Å². The predicted octanol–water partition coefficient (Wildman–Crippen LogP) is 3.69. The highest BCUT2D eigenvalue weighted by molar-refractivity contribution is 5.77. The van der Waals surface area contributed by atoms with Crippen LogP contribution in [0, 0.1) is 0 Å². The minimum absolute atomic E-state index is 0.210. The summed E-state index contributed by atoms with van der Waals surface area (Å²) in [6, 6.07) is 14.4. The molecule has 0 unspecified atom stereocenters. The molecule has 0 amide bonds. The number of aryl methyl sites for hydroxylation is 1. The molecule has 1 aromatic heterocycles. The van der Waals surface area contributed by atoms with Crippen LogP contribution in [0.3, 0.4) is 0 Å². The first-order valence-corrected chi connectivity index (χ1v) is 5.86. The molecule has 0 spiro atoms. The number of aromatic nitrogens is 2. The number of hydrogen-bond acceptors (Lipinski definition) is 4. The molecule has 94 valence electrons. The summed E-state index contributed by atoms with van der Waals surface area (Å²) >= 11 is 0. The fourth-order valence-electron chi connectivity index (χ4n) is 1.84. The molecule has 0 aliphatic carbocycles. The quantitative estimate of drug-likeness (QED) is 0.707. The maximum atomic E-state index is 9.19. The number of rotatable bonds is 2. The third-order valence-corrected chi connectivity index (χ3v) is 2.87. The molecular formula is C14H12N4O. The van der Waals surface area contributed by atoms with Gasteiger partial charge in [0.05, 0.1) is 16.7 Å². The van der Waals surface area contributed by atoms with Crippen molar-refractivity contribution in [2.75, 3.05) is 0 Å². The summed E-state index contributed by atoms with van der Waals surface area (Å²) in [6.45, 7) is 0. The molecule has 0 saturated carbocycles. The molecule has 2 aromatic carbocycles. The third-order valence-electron chi connectivity index (χ3n) is 2.87. The number of azo groups is 1. The van der Waals surface area contributed by atoms with E-state index in [0.29, 0.717) is 11.6 Å². The number of nitrogens with zero attached hydrogens (tertiary/aromatic N) is 4. The molecule has 0 aliphatic rings. The van der Waals surface area contributed by atoms with Crippen molar-refractivity contribution in [1.82, 2.24) is 9.55 Å². The number of fused-ring (bicyclic) bond motifs is 1. The van der Waals surface area contributed by atoms with E-state index in [2.05, 4.69) is 15.2 Å². The summed E-state index contributed by atoms with van der Waals surface area (Å²) in [7, 11) is 1.90. The monoisotopic (exact) mass is 252 g/mol. The van der Waals surface area contributed by atoms with Crippen LogP contribution in [0.15, 0.2) is 58.8 Å². The summed E-state index contributed by atoms with van der Waals surface area (Å²) in [5.74, 6) is 0.760. The van der Waals surface area contributed by atoms with E-state index < -0.39 is 0 Å². The number of hydrogen-bond donors (Lipinski definition) is 1. The minimum Gasteiger partial charge on any atom is -0.508 e. The molecule has 0 radical (unpaired) electrons. The van der Waals surface area contributed by atoms with Crippen molar-refractivity contribution >= 4 is 22.7 Å². The van der Waals surface area contributed by atoms with Gasteiger partial charge in [-0.2, -0.15) is 0 Å². The molecule has 0 aliphatic heterocycles. The number of phenols is 1. The maximum absolute atomic E-state index is 9.19. The Hall–Kier alpha value is -2.69. The van der Waals surface area contributed by atoms with E-state index in [0.717, 1.165) is 11.0 Å². The number of benzene rings is 2. The maximum Gasteiger partial charge on any atom is 0.250 e. The Balaban J connectivity index is 1.97. The van der Waals surface area contributed by atoms with E-state index in [4.69, 9.17) is 0 Å². The van der Waals surface area contributed by atoms with Crippen molar-refractivity contribution in [2.45, 2.75) is 0 Å². The summed E-state index contributed by atoms with van der Waals surface area (Å²) in [5.41, 5.74) is 2.58. The van der Waals surface area contributed by atoms with Crippen molar-refractivity contribution in [1.29, 1.82) is 0 Å². The average molecular weight is 252 g/mol. The highest BCUT2D eigenvalue weighted by atomic mass is 16.3. The third kappa shape index (κ3) is 2.18. The van der Waals surface area contributed by atoms with Gasteiger partial charge in [-0.05, 0) is 36.4 Å². The van der Waals surface area contributed by atoms with Crippen LogP contribution >= 0.6 is 0 Å². The zero-order valence-corrected chi connectivity index (χ0v) is 10.4. The first-order valence-electron chi connectivity index (χ1n) is 5.86. The van der Waals surface area contributed by atoms with Crippen LogP contribution in [0.1, 0.15) is 0 Å². The van der Waals surface area contributed by atoms with Gasteiger partial charge in [0.2, 0.25) is 5.95 Å². The highest BCUT2D eigenvalue weighted by Crippen LogP contribution is 2.23. The molecule has 3 rings (SSSR count). The molecule has 0 atom stereocenters. The van der Waals surface area contributed by atoms with Gasteiger partial charge in [-0.1, -0.05) is 12.1 Å². The molecule has 3 aromatic rings. The van der Waals surface area contributed by atoms with E-state index >= 15 is 0 Å². The van der Waals surface area contributed by atoms with E-state index in [1.165, 1.54) is 0 Å². The molecule has 5 heteroatoms. The lowest BCUT2D eigenvalue weighted by molar-refractivity contribution is 0.475. The number of aromatic hydroxyl groups is 1. The molecule has 19 heavy (non-hydrogen) atoms. The first kappa shape index (κ1) is 11.4. The van der Waals surface area contributed by atoms with E-state index in [-0.39, 0.29) is 5.75 Å². The van der Waals surface area contributed by atoms with Crippen molar-refractivity contribution < 1.29 is 5.11 Å². The molecule has 1 heterocycles. The minimum atomic E-state index is 0.210. The molecule has 0 fully saturated rings. The molecule has 0 bridgehead atoms. The average Bonchev–Trinajstić information content (AvgIpc) is 2.76. The Labute approximate surface area is 109 Å². The van der Waals surface area contributed by atoms with Gasteiger partial charge in [-0.15, -0.1) is 10.2 Å². The highest BCUT2D eigenvalue weighted by Gasteiger charge is 2.05. The van der Waals surface area contributed by atoms with Gasteiger partial charge in [-0.25, -0.2) is 4.98 Å². The molecule has 5 nitrogen and oxygen atoms in total. The van der Waals surface area contributed by atoms with Gasteiger partial charge in [0, 0.05) is 7.05 Å². The Bertz CT molecular complexity index is 744. The molecule has 1 N–H and O–H groups in total. The predicted molar refractivity (Wildman–Crippen MR) is 73.0 cm³/mol. The van der Waals surface area contributed by atoms with Crippen molar-refractivity contribution in [3.63, 3.8) is 0 Å². The van der Waals surface area contributed by atoms with Gasteiger partial charge in [0.25, 0.3) is 0 Å². The van der Waals surface area contributed by atoms with Crippen molar-refractivity contribution in [3.05, 3.63) is 48.5 Å². The van der Waals surface area contributed by atoms with Crippen LogP contribution < -0.4 is 0 Å². The van der Waals surface area contributed by atoms with Crippen molar-refractivity contribution in [2.24, 2.45) is 17.3 Å². The SMILES string of the molecule is Cn1c(N=Nc2ccc(O)cc2)nc2ccccc21. The van der Waals surface area contributed by atoms with Gasteiger partial charge < -0.3 is 9.67 Å². The largest absolute Gasteiger partial charge is 0.508 e. The second-order valence-electron chi connectivity index (χ2n) is 4.18. The summed E-state index contributed by atoms with van der Waals surface area (Å²) < 4.78 is 1.89. The van der Waals surface area contributed by atoms with E-state index in [1.807, 2.05) is 35.9 Å².